The fraction of sp³-hybridized carbons (Fsp3) is 0.545. The molecule has 17 heavy (non-hydrogen) atoms. The number of carbonyl (C=O) groups is 1. The Hall–Kier alpha value is -0.560. The predicted octanol–water partition coefficient (Wildman–Crippen LogP) is 1.82. The second-order valence-electron chi connectivity index (χ2n) is 4.16. The third kappa shape index (κ3) is 3.01. The van der Waals surface area contributed by atoms with Crippen molar-refractivity contribution in [2.75, 3.05) is 17.7 Å². The summed E-state index contributed by atoms with van der Waals surface area (Å²) >= 11 is 3.29. The maximum atomic E-state index is 11.3. The van der Waals surface area contributed by atoms with Gasteiger partial charge < -0.3 is 15.7 Å². The quantitative estimate of drug-likeness (QED) is 0.782. The van der Waals surface area contributed by atoms with Crippen LogP contribution in [-0.2, 0) is 4.79 Å². The standard InChI is InChI=1S/C11H16N2O2S2/c1-6(4-14)12-7(2)9-3-8-11(17-9)16-5-10(15)13-8/h3,6-7,12,14H,4-5H2,1-2H3,(H,13,15)/t6-,7?/m1/s1. The minimum atomic E-state index is 0.0659. The van der Waals surface area contributed by atoms with E-state index in [1.165, 1.54) is 9.09 Å². The van der Waals surface area contributed by atoms with E-state index in [0.717, 1.165) is 5.69 Å². The number of hydrogen-bond acceptors (Lipinski definition) is 5. The van der Waals surface area contributed by atoms with E-state index >= 15 is 0 Å². The Kier molecular flexibility index (Phi) is 4.09. The number of amides is 1. The number of anilines is 1. The Morgan fingerprint density at radius 3 is 3.06 bits per heavy atom. The molecule has 0 aliphatic carbocycles. The van der Waals surface area contributed by atoms with E-state index in [0.29, 0.717) is 5.75 Å². The first kappa shape index (κ1) is 12.9. The number of hydrogen-bond donors (Lipinski definition) is 3. The minimum Gasteiger partial charge on any atom is -0.395 e. The van der Waals surface area contributed by atoms with Crippen LogP contribution in [0.2, 0.25) is 0 Å². The zero-order valence-electron chi connectivity index (χ0n) is 9.82. The van der Waals surface area contributed by atoms with Crippen LogP contribution in [0.15, 0.2) is 10.3 Å². The summed E-state index contributed by atoms with van der Waals surface area (Å²) in [5.74, 6) is 0.568. The average molecular weight is 272 g/mol. The third-order valence-corrected chi connectivity index (χ3v) is 5.17. The summed E-state index contributed by atoms with van der Waals surface area (Å²) in [6, 6.07) is 2.28. The van der Waals surface area contributed by atoms with Crippen molar-refractivity contribution in [2.24, 2.45) is 0 Å². The van der Waals surface area contributed by atoms with Gasteiger partial charge in [0.05, 0.1) is 22.3 Å². The fourth-order valence-electron chi connectivity index (χ4n) is 1.68. The Morgan fingerprint density at radius 1 is 1.59 bits per heavy atom. The third-order valence-electron chi connectivity index (χ3n) is 2.56. The molecule has 0 aromatic carbocycles. The predicted molar refractivity (Wildman–Crippen MR) is 71.8 cm³/mol. The highest BCUT2D eigenvalue weighted by Crippen LogP contribution is 2.40. The maximum absolute atomic E-state index is 11.3. The van der Waals surface area contributed by atoms with Gasteiger partial charge in [-0.3, -0.25) is 4.79 Å². The molecule has 3 N–H and O–H groups in total. The minimum absolute atomic E-state index is 0.0659. The lowest BCUT2D eigenvalue weighted by Gasteiger charge is -2.16. The summed E-state index contributed by atoms with van der Waals surface area (Å²) in [5, 5.41) is 15.2. The number of fused-ring (bicyclic) bond motifs is 1. The molecule has 1 amide bonds. The van der Waals surface area contributed by atoms with Crippen LogP contribution in [0.1, 0.15) is 24.8 Å². The van der Waals surface area contributed by atoms with E-state index in [1.807, 2.05) is 13.0 Å². The van der Waals surface area contributed by atoms with E-state index in [4.69, 9.17) is 5.11 Å². The molecule has 1 aliphatic heterocycles. The summed E-state index contributed by atoms with van der Waals surface area (Å²) < 4.78 is 1.17. The number of nitrogens with one attached hydrogen (secondary N) is 2. The summed E-state index contributed by atoms with van der Waals surface area (Å²) in [7, 11) is 0. The molecule has 2 heterocycles. The van der Waals surface area contributed by atoms with Crippen LogP contribution in [-0.4, -0.2) is 29.4 Å². The van der Waals surface area contributed by atoms with Crippen LogP contribution >= 0.6 is 23.1 Å². The zero-order chi connectivity index (χ0) is 12.4. The Labute approximate surface area is 109 Å². The van der Waals surface area contributed by atoms with Crippen molar-refractivity contribution in [1.29, 1.82) is 0 Å². The van der Waals surface area contributed by atoms with Gasteiger partial charge in [0, 0.05) is 17.0 Å². The van der Waals surface area contributed by atoms with E-state index in [2.05, 4.69) is 17.6 Å². The van der Waals surface area contributed by atoms with Crippen LogP contribution in [0.3, 0.4) is 0 Å². The number of thiophene rings is 1. The zero-order valence-corrected chi connectivity index (χ0v) is 11.5. The molecule has 0 fully saturated rings. The summed E-state index contributed by atoms with van der Waals surface area (Å²) in [5.41, 5.74) is 0.927. The molecule has 2 atom stereocenters. The van der Waals surface area contributed by atoms with Crippen molar-refractivity contribution in [3.8, 4) is 0 Å². The first-order valence-corrected chi connectivity index (χ1v) is 7.33. The Bertz CT molecular complexity index is 420. The molecule has 0 radical (unpaired) electrons. The topological polar surface area (TPSA) is 61.4 Å². The van der Waals surface area contributed by atoms with Crippen molar-refractivity contribution >= 4 is 34.7 Å². The number of thioether (sulfide) groups is 1. The highest BCUT2D eigenvalue weighted by molar-refractivity contribution is 8.02. The van der Waals surface area contributed by atoms with E-state index in [9.17, 15) is 4.79 Å². The second kappa shape index (κ2) is 5.39. The van der Waals surface area contributed by atoms with Crippen LogP contribution < -0.4 is 10.6 Å². The van der Waals surface area contributed by atoms with Gasteiger partial charge >= 0.3 is 0 Å². The van der Waals surface area contributed by atoms with Gasteiger partial charge in [0.15, 0.2) is 0 Å². The lowest BCUT2D eigenvalue weighted by molar-refractivity contribution is -0.113. The highest BCUT2D eigenvalue weighted by Gasteiger charge is 2.21. The first-order valence-electron chi connectivity index (χ1n) is 5.53. The Morgan fingerprint density at radius 2 is 2.35 bits per heavy atom. The fourth-order valence-corrected chi connectivity index (χ4v) is 3.84. The molecular formula is C11H16N2O2S2. The van der Waals surface area contributed by atoms with Gasteiger partial charge in [-0.05, 0) is 19.9 Å². The van der Waals surface area contributed by atoms with Crippen molar-refractivity contribution < 1.29 is 9.90 Å². The first-order chi connectivity index (χ1) is 8.10. The number of aliphatic hydroxyl groups excluding tert-OH is 1. The van der Waals surface area contributed by atoms with Gasteiger partial charge in [0.2, 0.25) is 5.91 Å². The monoisotopic (exact) mass is 272 g/mol. The van der Waals surface area contributed by atoms with Crippen LogP contribution in [0, 0.1) is 0 Å². The van der Waals surface area contributed by atoms with Gasteiger partial charge in [-0.25, -0.2) is 0 Å². The molecule has 6 heteroatoms. The molecule has 1 aromatic rings. The van der Waals surface area contributed by atoms with Crippen molar-refractivity contribution in [1.82, 2.24) is 5.32 Å². The van der Waals surface area contributed by atoms with Gasteiger partial charge in [-0.15, -0.1) is 23.1 Å². The lowest BCUT2D eigenvalue weighted by Crippen LogP contribution is -2.31. The smallest absolute Gasteiger partial charge is 0.234 e. The molecule has 1 aromatic heterocycles. The molecule has 1 aliphatic rings. The normalized spacial score (nSPS) is 18.4. The van der Waals surface area contributed by atoms with Gasteiger partial charge in [-0.2, -0.15) is 0 Å². The van der Waals surface area contributed by atoms with Gasteiger partial charge in [-0.1, -0.05) is 0 Å². The SMILES string of the molecule is CC(N[C@H](C)CO)c1cc2c(s1)SCC(=O)N2. The van der Waals surface area contributed by atoms with Crippen LogP contribution in [0.25, 0.3) is 0 Å². The highest BCUT2D eigenvalue weighted by atomic mass is 32.2. The largest absolute Gasteiger partial charge is 0.395 e. The summed E-state index contributed by atoms with van der Waals surface area (Å²) in [6.07, 6.45) is 0. The van der Waals surface area contributed by atoms with Crippen molar-refractivity contribution in [3.63, 3.8) is 0 Å². The lowest BCUT2D eigenvalue weighted by atomic mass is 10.2. The molecule has 4 nitrogen and oxygen atoms in total. The molecule has 0 spiro atoms. The molecule has 0 bridgehead atoms. The number of carbonyl (C=O) groups excluding carboxylic acids is 1. The Balaban J connectivity index is 2.09. The van der Waals surface area contributed by atoms with Gasteiger partial charge in [0.1, 0.15) is 0 Å². The van der Waals surface area contributed by atoms with E-state index in [-0.39, 0.29) is 24.6 Å². The molecular weight excluding hydrogens is 256 g/mol. The maximum Gasteiger partial charge on any atom is 0.234 e. The van der Waals surface area contributed by atoms with Crippen molar-refractivity contribution in [3.05, 3.63) is 10.9 Å². The molecule has 0 saturated heterocycles. The van der Waals surface area contributed by atoms with Crippen LogP contribution in [0.5, 0.6) is 0 Å². The average Bonchev–Trinajstić information content (AvgIpc) is 2.71. The van der Waals surface area contributed by atoms with Crippen molar-refractivity contribution in [2.45, 2.75) is 30.1 Å². The number of rotatable bonds is 4. The summed E-state index contributed by atoms with van der Waals surface area (Å²) in [4.78, 5) is 12.4. The van der Waals surface area contributed by atoms with Crippen LogP contribution in [0.4, 0.5) is 5.69 Å². The van der Waals surface area contributed by atoms with Gasteiger partial charge in [0.25, 0.3) is 0 Å². The molecule has 94 valence electrons. The molecule has 0 saturated carbocycles. The summed E-state index contributed by atoms with van der Waals surface area (Å²) in [6.45, 7) is 4.14. The molecule has 2 rings (SSSR count). The second-order valence-corrected chi connectivity index (χ2v) is 6.49. The number of aliphatic hydroxyl groups is 1. The van der Waals surface area contributed by atoms with E-state index < -0.39 is 0 Å². The molecule has 1 unspecified atom stereocenters. The van der Waals surface area contributed by atoms with E-state index in [1.54, 1.807) is 23.1 Å².